The van der Waals surface area contributed by atoms with Crippen LogP contribution in [0.15, 0.2) is 12.4 Å². The second-order valence-corrected chi connectivity index (χ2v) is 4.10. The first-order valence-electron chi connectivity index (χ1n) is 5.84. The van der Waals surface area contributed by atoms with Crippen LogP contribution in [0.5, 0.6) is 0 Å². The molecular formula is C12H19N5. The van der Waals surface area contributed by atoms with E-state index in [0.717, 1.165) is 24.6 Å². The predicted molar refractivity (Wildman–Crippen MR) is 68.9 cm³/mol. The summed E-state index contributed by atoms with van der Waals surface area (Å²) in [4.78, 5) is 10.3. The second-order valence-electron chi connectivity index (χ2n) is 4.10. The topological polar surface area (TPSA) is 64.8 Å². The fourth-order valence-electron chi connectivity index (χ4n) is 1.45. The van der Waals surface area contributed by atoms with Crippen LogP contribution in [0.4, 0.5) is 11.6 Å². The number of nitrogens with one attached hydrogen (secondary N) is 1. The Balaban J connectivity index is 2.67. The summed E-state index contributed by atoms with van der Waals surface area (Å²) in [6.45, 7) is 5.57. The average molecular weight is 233 g/mol. The molecule has 0 radical (unpaired) electrons. The van der Waals surface area contributed by atoms with Gasteiger partial charge in [-0.05, 0) is 13.3 Å². The molecule has 0 aliphatic heterocycles. The zero-order valence-electron chi connectivity index (χ0n) is 10.6. The van der Waals surface area contributed by atoms with Gasteiger partial charge in [0.1, 0.15) is 18.0 Å². The molecule has 0 aliphatic carbocycles. The van der Waals surface area contributed by atoms with E-state index in [2.05, 4.69) is 28.3 Å². The van der Waals surface area contributed by atoms with Gasteiger partial charge < -0.3 is 10.2 Å². The lowest BCUT2D eigenvalue weighted by Crippen LogP contribution is -2.24. The first-order valence-corrected chi connectivity index (χ1v) is 5.84. The highest BCUT2D eigenvalue weighted by Crippen LogP contribution is 2.13. The van der Waals surface area contributed by atoms with E-state index in [0.29, 0.717) is 6.54 Å². The molecule has 1 atom stereocenters. The summed E-state index contributed by atoms with van der Waals surface area (Å²) >= 11 is 0. The van der Waals surface area contributed by atoms with Gasteiger partial charge in [-0.25, -0.2) is 9.97 Å². The Labute approximate surface area is 102 Å². The van der Waals surface area contributed by atoms with E-state index in [9.17, 15) is 0 Å². The minimum atomic E-state index is -0.0120. The Morgan fingerprint density at radius 2 is 2.29 bits per heavy atom. The summed E-state index contributed by atoms with van der Waals surface area (Å²) in [5, 5.41) is 12.0. The molecule has 0 aromatic carbocycles. The molecule has 5 heteroatoms. The molecule has 0 aliphatic rings. The molecule has 0 amide bonds. The second kappa shape index (κ2) is 6.69. The molecule has 0 fully saturated rings. The van der Waals surface area contributed by atoms with Crippen LogP contribution in [0.3, 0.4) is 0 Å². The van der Waals surface area contributed by atoms with Gasteiger partial charge in [0.05, 0.1) is 12.0 Å². The molecule has 1 heterocycles. The maximum Gasteiger partial charge on any atom is 0.133 e. The van der Waals surface area contributed by atoms with Gasteiger partial charge in [0.25, 0.3) is 0 Å². The van der Waals surface area contributed by atoms with Crippen molar-refractivity contribution in [3.05, 3.63) is 12.4 Å². The highest BCUT2D eigenvalue weighted by Gasteiger charge is 2.08. The summed E-state index contributed by atoms with van der Waals surface area (Å²) in [6.07, 6.45) is 2.60. The van der Waals surface area contributed by atoms with Crippen LogP contribution in [-0.4, -0.2) is 30.1 Å². The highest BCUT2D eigenvalue weighted by atomic mass is 15.2. The van der Waals surface area contributed by atoms with Gasteiger partial charge >= 0.3 is 0 Å². The Kier molecular flexibility index (Phi) is 5.21. The third-order valence-electron chi connectivity index (χ3n) is 2.37. The summed E-state index contributed by atoms with van der Waals surface area (Å²) in [5.74, 6) is 1.65. The van der Waals surface area contributed by atoms with Crippen molar-refractivity contribution in [1.29, 1.82) is 5.26 Å². The Morgan fingerprint density at radius 3 is 2.94 bits per heavy atom. The average Bonchev–Trinajstić information content (AvgIpc) is 2.36. The number of hydrogen-bond donors (Lipinski definition) is 1. The van der Waals surface area contributed by atoms with Crippen molar-refractivity contribution in [2.75, 3.05) is 30.4 Å². The van der Waals surface area contributed by atoms with E-state index in [1.54, 1.807) is 6.33 Å². The molecule has 0 bridgehead atoms. The van der Waals surface area contributed by atoms with Crippen LogP contribution in [0.2, 0.25) is 0 Å². The van der Waals surface area contributed by atoms with Crippen molar-refractivity contribution in [2.45, 2.75) is 20.3 Å². The van der Waals surface area contributed by atoms with E-state index in [1.807, 2.05) is 24.9 Å². The predicted octanol–water partition coefficient (Wildman–Crippen LogP) is 1.89. The van der Waals surface area contributed by atoms with Crippen molar-refractivity contribution in [3.8, 4) is 6.07 Å². The number of nitriles is 1. The molecule has 92 valence electrons. The molecule has 0 spiro atoms. The monoisotopic (exact) mass is 233 g/mol. The van der Waals surface area contributed by atoms with E-state index in [1.165, 1.54) is 0 Å². The maximum absolute atomic E-state index is 8.78. The van der Waals surface area contributed by atoms with Crippen molar-refractivity contribution >= 4 is 11.6 Å². The SMILES string of the molecule is CCCNc1cc(N(C)CC(C)C#N)ncn1. The Hall–Kier alpha value is -1.83. The van der Waals surface area contributed by atoms with E-state index < -0.39 is 0 Å². The normalized spacial score (nSPS) is 11.6. The molecule has 1 aromatic heterocycles. The van der Waals surface area contributed by atoms with Crippen molar-refractivity contribution in [2.24, 2.45) is 5.92 Å². The molecule has 1 rings (SSSR count). The highest BCUT2D eigenvalue weighted by molar-refractivity contribution is 5.47. The quantitative estimate of drug-likeness (QED) is 0.813. The lowest BCUT2D eigenvalue weighted by atomic mass is 10.2. The van der Waals surface area contributed by atoms with Gasteiger partial charge in [0, 0.05) is 26.2 Å². The summed E-state index contributed by atoms with van der Waals surface area (Å²) < 4.78 is 0. The van der Waals surface area contributed by atoms with Gasteiger partial charge in [-0.2, -0.15) is 5.26 Å². The van der Waals surface area contributed by atoms with Crippen molar-refractivity contribution < 1.29 is 0 Å². The Morgan fingerprint density at radius 1 is 1.53 bits per heavy atom. The lowest BCUT2D eigenvalue weighted by molar-refractivity contribution is 0.709. The standard InChI is InChI=1S/C12H19N5/c1-4-5-14-11-6-12(16-9-15-11)17(3)8-10(2)7-13/h6,9-10H,4-5,8H2,1-3H3,(H,14,15,16). The number of anilines is 2. The van der Waals surface area contributed by atoms with Crippen LogP contribution < -0.4 is 10.2 Å². The summed E-state index contributed by atoms with van der Waals surface area (Å²) in [6, 6.07) is 4.12. The first kappa shape index (κ1) is 13.2. The molecule has 1 N–H and O–H groups in total. The van der Waals surface area contributed by atoms with Gasteiger partial charge in [-0.1, -0.05) is 6.92 Å². The third-order valence-corrected chi connectivity index (χ3v) is 2.37. The van der Waals surface area contributed by atoms with Gasteiger partial charge in [0.15, 0.2) is 0 Å². The Bertz CT molecular complexity index is 385. The summed E-state index contributed by atoms with van der Waals surface area (Å²) in [7, 11) is 1.93. The van der Waals surface area contributed by atoms with E-state index in [-0.39, 0.29) is 5.92 Å². The van der Waals surface area contributed by atoms with Crippen LogP contribution in [0.25, 0.3) is 0 Å². The van der Waals surface area contributed by atoms with Crippen LogP contribution in [0, 0.1) is 17.2 Å². The fraction of sp³-hybridized carbons (Fsp3) is 0.583. The number of hydrogen-bond acceptors (Lipinski definition) is 5. The van der Waals surface area contributed by atoms with Gasteiger partial charge in [0.2, 0.25) is 0 Å². The van der Waals surface area contributed by atoms with Crippen LogP contribution >= 0.6 is 0 Å². The van der Waals surface area contributed by atoms with Gasteiger partial charge in [-0.15, -0.1) is 0 Å². The lowest BCUT2D eigenvalue weighted by Gasteiger charge is -2.19. The maximum atomic E-state index is 8.78. The molecule has 17 heavy (non-hydrogen) atoms. The number of aromatic nitrogens is 2. The molecule has 1 aromatic rings. The van der Waals surface area contributed by atoms with Crippen molar-refractivity contribution in [1.82, 2.24) is 9.97 Å². The first-order chi connectivity index (χ1) is 8.17. The number of nitrogens with zero attached hydrogens (tertiary/aromatic N) is 4. The molecule has 0 saturated heterocycles. The van der Waals surface area contributed by atoms with E-state index >= 15 is 0 Å². The van der Waals surface area contributed by atoms with Gasteiger partial charge in [-0.3, -0.25) is 0 Å². The fourth-order valence-corrected chi connectivity index (χ4v) is 1.45. The largest absolute Gasteiger partial charge is 0.370 e. The van der Waals surface area contributed by atoms with E-state index in [4.69, 9.17) is 5.26 Å². The molecule has 1 unspecified atom stereocenters. The summed E-state index contributed by atoms with van der Waals surface area (Å²) in [5.41, 5.74) is 0. The molecular weight excluding hydrogens is 214 g/mol. The molecule has 0 saturated carbocycles. The third kappa shape index (κ3) is 4.27. The molecule has 5 nitrogen and oxygen atoms in total. The van der Waals surface area contributed by atoms with Crippen LogP contribution in [0.1, 0.15) is 20.3 Å². The zero-order chi connectivity index (χ0) is 12.7. The number of rotatable bonds is 6. The minimum absolute atomic E-state index is 0.0120. The minimum Gasteiger partial charge on any atom is -0.370 e. The van der Waals surface area contributed by atoms with Crippen LogP contribution in [-0.2, 0) is 0 Å². The smallest absolute Gasteiger partial charge is 0.133 e. The van der Waals surface area contributed by atoms with Crippen molar-refractivity contribution in [3.63, 3.8) is 0 Å². The zero-order valence-corrected chi connectivity index (χ0v) is 10.6.